The highest BCUT2D eigenvalue weighted by Gasteiger charge is 2.11. The fourth-order valence-corrected chi connectivity index (χ4v) is 4.30. The number of hydrogen-bond acceptors (Lipinski definition) is 5. The van der Waals surface area contributed by atoms with Gasteiger partial charge < -0.3 is 15.2 Å². The minimum atomic E-state index is 0.160. The van der Waals surface area contributed by atoms with Crippen molar-refractivity contribution in [2.24, 2.45) is 11.7 Å². The van der Waals surface area contributed by atoms with E-state index in [9.17, 15) is 0 Å². The predicted octanol–water partition coefficient (Wildman–Crippen LogP) is 4.81. The second-order valence-electron chi connectivity index (χ2n) is 7.73. The van der Waals surface area contributed by atoms with Crippen LogP contribution in [-0.4, -0.2) is 64.7 Å². The normalized spacial score (nSPS) is 14.0. The summed E-state index contributed by atoms with van der Waals surface area (Å²) in [5.74, 6) is 0.828. The number of nitrogens with two attached hydrogens (primary N) is 1. The molecule has 0 rings (SSSR count). The van der Waals surface area contributed by atoms with Gasteiger partial charge in [-0.05, 0) is 75.9 Å². The third-order valence-electron chi connectivity index (χ3n) is 4.60. The summed E-state index contributed by atoms with van der Waals surface area (Å²) in [6.07, 6.45) is 8.93. The third kappa shape index (κ3) is 20.8. The molecule has 0 aromatic heterocycles. The molecule has 2 N–H and O–H groups in total. The molecule has 0 aliphatic heterocycles. The first-order chi connectivity index (χ1) is 13.1. The molecule has 27 heavy (non-hydrogen) atoms. The molecule has 164 valence electrons. The Bertz CT molecular complexity index is 295. The Hall–Kier alpha value is 0.230. The minimum Gasteiger partial charge on any atom is -0.381 e. The van der Waals surface area contributed by atoms with Crippen molar-refractivity contribution in [2.45, 2.75) is 71.4 Å². The lowest BCUT2D eigenvalue weighted by molar-refractivity contribution is -0.295. The van der Waals surface area contributed by atoms with Gasteiger partial charge in [-0.15, -0.1) is 7.92 Å². The van der Waals surface area contributed by atoms with E-state index in [0.717, 1.165) is 70.1 Å². The summed E-state index contributed by atoms with van der Waals surface area (Å²) in [7, 11) is 0.160. The van der Waals surface area contributed by atoms with Gasteiger partial charge in [0, 0.05) is 26.4 Å². The molecular weight excluding hydrogens is 361 g/mol. The summed E-state index contributed by atoms with van der Waals surface area (Å²) >= 11 is 0. The Morgan fingerprint density at radius 3 is 1.78 bits per heavy atom. The van der Waals surface area contributed by atoms with Gasteiger partial charge in [0.2, 0.25) is 0 Å². The second kappa shape index (κ2) is 21.0. The van der Waals surface area contributed by atoms with E-state index in [1.165, 1.54) is 19.0 Å². The van der Waals surface area contributed by atoms with Crippen molar-refractivity contribution in [2.75, 3.05) is 59.0 Å². The molecule has 0 bridgehead atoms. The molecule has 0 aliphatic rings. The van der Waals surface area contributed by atoms with Crippen LogP contribution in [0.4, 0.5) is 0 Å². The maximum Gasteiger partial charge on any atom is 0.0834 e. The van der Waals surface area contributed by atoms with E-state index >= 15 is 0 Å². The molecule has 2 atom stereocenters. The highest BCUT2D eigenvalue weighted by Crippen LogP contribution is 2.39. The zero-order valence-electron chi connectivity index (χ0n) is 18.4. The van der Waals surface area contributed by atoms with Crippen molar-refractivity contribution in [1.82, 2.24) is 0 Å². The van der Waals surface area contributed by atoms with E-state index in [1.54, 1.807) is 0 Å². The molecule has 0 aromatic carbocycles. The van der Waals surface area contributed by atoms with Crippen LogP contribution in [0, 0.1) is 5.92 Å². The molecule has 0 aliphatic carbocycles. The van der Waals surface area contributed by atoms with Gasteiger partial charge in [-0.2, -0.15) is 0 Å². The molecule has 5 nitrogen and oxygen atoms in total. The standard InChI is InChI=1S/C21H46NO4P/c1-20(2)11-19-27(4)21(3)10-18-24-15-6-5-13-23-14-7-8-16-25-26-17-9-12-22/h20-21H,5-19,22H2,1-4H3. The molecule has 0 saturated carbocycles. The summed E-state index contributed by atoms with van der Waals surface area (Å²) in [6, 6.07) is 0. The van der Waals surface area contributed by atoms with Gasteiger partial charge in [0.1, 0.15) is 0 Å². The van der Waals surface area contributed by atoms with Gasteiger partial charge in [-0.1, -0.05) is 20.8 Å². The Balaban J connectivity index is 3.20. The molecule has 2 unspecified atom stereocenters. The SMILES string of the molecule is CC(C)CCP(C)C(C)CCOCCCCOCCCCOOCCCN. The van der Waals surface area contributed by atoms with E-state index in [1.807, 2.05) is 0 Å². The van der Waals surface area contributed by atoms with Crippen LogP contribution in [-0.2, 0) is 19.2 Å². The van der Waals surface area contributed by atoms with E-state index in [-0.39, 0.29) is 7.92 Å². The van der Waals surface area contributed by atoms with Crippen LogP contribution in [0.15, 0.2) is 0 Å². The molecule has 0 saturated heterocycles. The minimum absolute atomic E-state index is 0.160. The Morgan fingerprint density at radius 2 is 1.22 bits per heavy atom. The first-order valence-electron chi connectivity index (χ1n) is 10.9. The maximum atomic E-state index is 5.80. The summed E-state index contributed by atoms with van der Waals surface area (Å²) < 4.78 is 11.4. The monoisotopic (exact) mass is 407 g/mol. The van der Waals surface area contributed by atoms with Crippen molar-refractivity contribution in [1.29, 1.82) is 0 Å². The lowest BCUT2D eigenvalue weighted by Gasteiger charge is -2.21. The fourth-order valence-electron chi connectivity index (χ4n) is 2.39. The van der Waals surface area contributed by atoms with Gasteiger partial charge in [-0.25, -0.2) is 9.78 Å². The van der Waals surface area contributed by atoms with Gasteiger partial charge >= 0.3 is 0 Å². The quantitative estimate of drug-likeness (QED) is 0.128. The number of unbranched alkanes of at least 4 members (excludes halogenated alkanes) is 2. The first kappa shape index (κ1) is 27.2. The van der Waals surface area contributed by atoms with Crippen molar-refractivity contribution in [3.63, 3.8) is 0 Å². The highest BCUT2D eigenvalue weighted by atomic mass is 31.1. The zero-order valence-corrected chi connectivity index (χ0v) is 19.3. The van der Waals surface area contributed by atoms with Crippen molar-refractivity contribution in [3.8, 4) is 0 Å². The van der Waals surface area contributed by atoms with Crippen molar-refractivity contribution in [3.05, 3.63) is 0 Å². The summed E-state index contributed by atoms with van der Waals surface area (Å²) in [4.78, 5) is 10.0. The van der Waals surface area contributed by atoms with E-state index < -0.39 is 0 Å². The van der Waals surface area contributed by atoms with Crippen LogP contribution in [0.1, 0.15) is 65.7 Å². The zero-order chi connectivity index (χ0) is 20.2. The third-order valence-corrected chi connectivity index (χ3v) is 7.33. The van der Waals surface area contributed by atoms with E-state index in [4.69, 9.17) is 25.0 Å². The number of rotatable bonds is 21. The summed E-state index contributed by atoms with van der Waals surface area (Å²) in [5, 5.41) is 0. The molecule has 0 spiro atoms. The van der Waals surface area contributed by atoms with Crippen LogP contribution in [0.3, 0.4) is 0 Å². The average Bonchev–Trinajstić information content (AvgIpc) is 2.65. The molecular formula is C21H46NO4P. The summed E-state index contributed by atoms with van der Waals surface area (Å²) in [6.45, 7) is 14.7. The van der Waals surface area contributed by atoms with E-state index in [0.29, 0.717) is 19.8 Å². The lowest BCUT2D eigenvalue weighted by Crippen LogP contribution is -2.09. The predicted molar refractivity (Wildman–Crippen MR) is 117 cm³/mol. The number of hydrogen-bond donors (Lipinski definition) is 1. The van der Waals surface area contributed by atoms with Gasteiger partial charge in [-0.3, -0.25) is 0 Å². The van der Waals surface area contributed by atoms with Crippen LogP contribution >= 0.6 is 7.92 Å². The van der Waals surface area contributed by atoms with Crippen LogP contribution in [0.25, 0.3) is 0 Å². The molecule has 0 amide bonds. The van der Waals surface area contributed by atoms with Crippen LogP contribution < -0.4 is 5.73 Å². The van der Waals surface area contributed by atoms with E-state index in [2.05, 4.69) is 27.4 Å². The smallest absolute Gasteiger partial charge is 0.0834 e. The highest BCUT2D eigenvalue weighted by molar-refractivity contribution is 7.57. The van der Waals surface area contributed by atoms with Crippen molar-refractivity contribution >= 4 is 7.92 Å². The van der Waals surface area contributed by atoms with Crippen LogP contribution in [0.5, 0.6) is 0 Å². The van der Waals surface area contributed by atoms with Gasteiger partial charge in [0.15, 0.2) is 0 Å². The molecule has 0 radical (unpaired) electrons. The summed E-state index contributed by atoms with van der Waals surface area (Å²) in [5.41, 5.74) is 6.18. The van der Waals surface area contributed by atoms with Crippen LogP contribution in [0.2, 0.25) is 0 Å². The number of ether oxygens (including phenoxy) is 2. The fraction of sp³-hybridized carbons (Fsp3) is 1.00. The lowest BCUT2D eigenvalue weighted by atomic mass is 10.2. The Labute approximate surface area is 169 Å². The molecule has 6 heteroatoms. The molecule has 0 fully saturated rings. The maximum absolute atomic E-state index is 5.80. The second-order valence-corrected chi connectivity index (χ2v) is 10.6. The molecule has 0 heterocycles. The Morgan fingerprint density at radius 1 is 0.704 bits per heavy atom. The van der Waals surface area contributed by atoms with Gasteiger partial charge in [0.05, 0.1) is 13.2 Å². The first-order valence-corrected chi connectivity index (χ1v) is 12.9. The average molecular weight is 408 g/mol. The van der Waals surface area contributed by atoms with Crippen molar-refractivity contribution < 1.29 is 19.2 Å². The molecule has 0 aromatic rings. The van der Waals surface area contributed by atoms with Gasteiger partial charge in [0.25, 0.3) is 0 Å². The topological polar surface area (TPSA) is 62.9 Å². The largest absolute Gasteiger partial charge is 0.381 e. The Kier molecular flexibility index (Phi) is 21.1.